The summed E-state index contributed by atoms with van der Waals surface area (Å²) in [5, 5.41) is 10.8. The molecule has 2 aromatic carbocycles. The Morgan fingerprint density at radius 1 is 1.03 bits per heavy atom. The first-order chi connectivity index (χ1) is 18.2. The van der Waals surface area contributed by atoms with E-state index >= 15 is 0 Å². The average molecular weight is 516 g/mol. The fraction of sp³-hybridized carbons (Fsp3) is 0.562. The third kappa shape index (κ3) is 4.56. The molecule has 4 atom stereocenters. The molecular weight excluding hydrogens is 472 g/mol. The fourth-order valence-electron chi connectivity index (χ4n) is 7.36. The second-order valence-electron chi connectivity index (χ2n) is 12.7. The van der Waals surface area contributed by atoms with Crippen LogP contribution in [0.3, 0.4) is 0 Å². The Morgan fingerprint density at radius 3 is 2.37 bits per heavy atom. The highest BCUT2D eigenvalue weighted by Gasteiger charge is 2.46. The Bertz CT molecular complexity index is 1300. The minimum absolute atomic E-state index is 0.279. The number of ether oxygens (including phenoxy) is 1. The van der Waals surface area contributed by atoms with Crippen LogP contribution in [-0.4, -0.2) is 61.9 Å². The molecule has 2 unspecified atom stereocenters. The molecule has 0 radical (unpaired) electrons. The summed E-state index contributed by atoms with van der Waals surface area (Å²) in [4.78, 5) is 7.66. The van der Waals surface area contributed by atoms with Crippen LogP contribution in [-0.2, 0) is 10.3 Å². The number of hydrogen-bond donors (Lipinski definition) is 1. The van der Waals surface area contributed by atoms with Crippen molar-refractivity contribution in [1.29, 1.82) is 0 Å². The first-order valence-electron chi connectivity index (χ1n) is 14.5. The molecule has 0 spiro atoms. The lowest BCUT2D eigenvalue weighted by Gasteiger charge is -2.43. The van der Waals surface area contributed by atoms with Gasteiger partial charge < -0.3 is 14.4 Å². The van der Waals surface area contributed by atoms with Crippen molar-refractivity contribution in [3.05, 3.63) is 66.0 Å². The number of aryl methyl sites for hydroxylation is 1. The highest BCUT2D eigenvalue weighted by molar-refractivity contribution is 5.76. The predicted octanol–water partition coefficient (Wildman–Crippen LogP) is 6.19. The van der Waals surface area contributed by atoms with Gasteiger partial charge >= 0.3 is 5.90 Å². The number of rotatable bonds is 5. The van der Waals surface area contributed by atoms with E-state index in [4.69, 9.17) is 9.72 Å². The van der Waals surface area contributed by atoms with E-state index in [2.05, 4.69) is 91.8 Å². The SMILES string of the molecule is Cc1nc2ccccc2n1C1C[C@H]2CC[C@@H](C1)N2CCC1(c2ccccc2)CC[N+](=C(O)C(C)(C)C)CO1. The zero-order valence-electron chi connectivity index (χ0n) is 23.4. The van der Waals surface area contributed by atoms with Gasteiger partial charge in [0.25, 0.3) is 6.73 Å². The van der Waals surface area contributed by atoms with Gasteiger partial charge in [0, 0.05) is 31.1 Å². The first-order valence-corrected chi connectivity index (χ1v) is 14.5. The Balaban J connectivity index is 1.19. The number of piperidine rings is 1. The average Bonchev–Trinajstić information content (AvgIpc) is 3.38. The van der Waals surface area contributed by atoms with Crippen molar-refractivity contribution >= 4 is 16.9 Å². The van der Waals surface area contributed by atoms with E-state index in [9.17, 15) is 5.11 Å². The largest absolute Gasteiger partial charge is 0.463 e. The maximum absolute atomic E-state index is 10.8. The summed E-state index contributed by atoms with van der Waals surface area (Å²) in [5.74, 6) is 1.56. The van der Waals surface area contributed by atoms with Gasteiger partial charge in [0.05, 0.1) is 16.4 Å². The lowest BCUT2D eigenvalue weighted by atomic mass is 9.85. The molecule has 6 rings (SSSR count). The Morgan fingerprint density at radius 2 is 1.71 bits per heavy atom. The summed E-state index contributed by atoms with van der Waals surface area (Å²) < 4.78 is 11.2. The second-order valence-corrected chi connectivity index (χ2v) is 12.7. The highest BCUT2D eigenvalue weighted by Crippen LogP contribution is 2.44. The molecule has 3 aliphatic rings. The molecule has 0 aliphatic carbocycles. The lowest BCUT2D eigenvalue weighted by molar-refractivity contribution is -0.609. The third-order valence-corrected chi connectivity index (χ3v) is 9.32. The van der Waals surface area contributed by atoms with Crippen LogP contribution in [0.25, 0.3) is 11.0 Å². The van der Waals surface area contributed by atoms with Crippen molar-refractivity contribution in [2.75, 3.05) is 19.8 Å². The van der Waals surface area contributed by atoms with Crippen LogP contribution in [0.4, 0.5) is 0 Å². The molecule has 4 heterocycles. The van der Waals surface area contributed by atoms with Crippen LogP contribution in [0.1, 0.15) is 76.7 Å². The molecule has 3 aliphatic heterocycles. The number of nitrogens with zero attached hydrogens (tertiary/aromatic N) is 4. The first kappa shape index (κ1) is 25.6. The minimum Gasteiger partial charge on any atom is -0.463 e. The molecule has 1 aromatic heterocycles. The van der Waals surface area contributed by atoms with E-state index in [1.54, 1.807) is 0 Å². The van der Waals surface area contributed by atoms with Crippen LogP contribution >= 0.6 is 0 Å². The number of aromatic nitrogens is 2. The molecule has 0 saturated carbocycles. The smallest absolute Gasteiger partial charge is 0.341 e. The van der Waals surface area contributed by atoms with E-state index in [1.807, 2.05) is 4.58 Å². The van der Waals surface area contributed by atoms with Crippen LogP contribution < -0.4 is 0 Å². The van der Waals surface area contributed by atoms with Crippen molar-refractivity contribution in [2.24, 2.45) is 5.41 Å². The predicted molar refractivity (Wildman–Crippen MR) is 152 cm³/mol. The van der Waals surface area contributed by atoms with Crippen LogP contribution in [0.5, 0.6) is 0 Å². The summed E-state index contributed by atoms with van der Waals surface area (Å²) in [6, 6.07) is 21.1. The highest BCUT2D eigenvalue weighted by atomic mass is 16.5. The number of hydrogen-bond acceptors (Lipinski definition) is 3. The second kappa shape index (κ2) is 9.80. The Hall–Kier alpha value is -2.70. The molecule has 38 heavy (non-hydrogen) atoms. The van der Waals surface area contributed by atoms with Crippen LogP contribution in [0.15, 0.2) is 54.6 Å². The summed E-state index contributed by atoms with van der Waals surface area (Å²) in [6.07, 6.45) is 6.82. The van der Waals surface area contributed by atoms with Crippen molar-refractivity contribution < 1.29 is 14.4 Å². The molecule has 6 nitrogen and oxygen atoms in total. The molecule has 0 amide bonds. The summed E-state index contributed by atoms with van der Waals surface area (Å²) in [6.45, 7) is 10.6. The van der Waals surface area contributed by atoms with Gasteiger partial charge in [0.2, 0.25) is 0 Å². The van der Waals surface area contributed by atoms with Gasteiger partial charge in [0.15, 0.2) is 6.54 Å². The third-order valence-electron chi connectivity index (χ3n) is 9.32. The maximum Gasteiger partial charge on any atom is 0.341 e. The number of fused-ring (bicyclic) bond motifs is 3. The molecule has 3 fully saturated rings. The van der Waals surface area contributed by atoms with Crippen LogP contribution in [0.2, 0.25) is 0 Å². The number of benzene rings is 2. The fourth-order valence-corrected chi connectivity index (χ4v) is 7.36. The van der Waals surface area contributed by atoms with Gasteiger partial charge in [-0.05, 0) is 77.5 Å². The maximum atomic E-state index is 10.8. The molecular formula is C32H43N4O2+. The van der Waals surface area contributed by atoms with Gasteiger partial charge in [-0.15, -0.1) is 0 Å². The topological polar surface area (TPSA) is 53.5 Å². The van der Waals surface area contributed by atoms with E-state index in [0.717, 1.165) is 37.3 Å². The molecule has 3 aromatic rings. The van der Waals surface area contributed by atoms with Crippen molar-refractivity contribution in [1.82, 2.24) is 14.5 Å². The van der Waals surface area contributed by atoms with E-state index in [-0.39, 0.29) is 11.0 Å². The van der Waals surface area contributed by atoms with Gasteiger partial charge in [-0.2, -0.15) is 4.58 Å². The van der Waals surface area contributed by atoms with Crippen molar-refractivity contribution in [3.63, 3.8) is 0 Å². The number of aliphatic hydroxyl groups is 1. The van der Waals surface area contributed by atoms with Crippen molar-refractivity contribution in [3.8, 4) is 0 Å². The van der Waals surface area contributed by atoms with Gasteiger partial charge in [0.1, 0.15) is 11.4 Å². The zero-order valence-corrected chi connectivity index (χ0v) is 23.4. The van der Waals surface area contributed by atoms with Crippen molar-refractivity contribution in [2.45, 2.75) is 89.9 Å². The molecule has 202 valence electrons. The minimum atomic E-state index is -0.316. The van der Waals surface area contributed by atoms with E-state index in [1.165, 1.54) is 36.8 Å². The lowest BCUT2D eigenvalue weighted by Crippen LogP contribution is -2.49. The summed E-state index contributed by atoms with van der Waals surface area (Å²) in [5.41, 5.74) is 3.06. The molecule has 2 bridgehead atoms. The Labute approximate surface area is 226 Å². The van der Waals surface area contributed by atoms with E-state index in [0.29, 0.717) is 30.8 Å². The molecule has 1 N–H and O–H groups in total. The van der Waals surface area contributed by atoms with E-state index < -0.39 is 0 Å². The van der Waals surface area contributed by atoms with Gasteiger partial charge in [-0.3, -0.25) is 4.90 Å². The quantitative estimate of drug-likeness (QED) is 0.325. The number of aliphatic hydroxyl groups excluding tert-OH is 1. The summed E-state index contributed by atoms with van der Waals surface area (Å²) >= 11 is 0. The van der Waals surface area contributed by atoms with Gasteiger partial charge in [-0.1, -0.05) is 42.5 Å². The number of imidazole rings is 1. The van der Waals surface area contributed by atoms with Crippen LogP contribution in [0, 0.1) is 12.3 Å². The normalized spacial score (nSPS) is 29.6. The Kier molecular flexibility index (Phi) is 6.59. The monoisotopic (exact) mass is 515 g/mol. The summed E-state index contributed by atoms with van der Waals surface area (Å²) in [7, 11) is 0. The zero-order chi connectivity index (χ0) is 26.5. The standard InChI is InChI=1S/C32H42N4O2/c1-23-33-28-12-8-9-13-29(28)36(23)27-20-25-14-15-26(21-27)35(25)19-17-32(24-10-6-5-7-11-24)16-18-34(22-38-32)30(37)31(2,3)4/h5-13,25-27H,14-22H2,1-4H3/p+1/t25-,26+,27?,32?. The van der Waals surface area contributed by atoms with Gasteiger partial charge in [-0.25, -0.2) is 4.98 Å². The number of para-hydroxylation sites is 2. The molecule has 6 heteroatoms. The molecule has 3 saturated heterocycles.